The molecule has 3 unspecified atom stereocenters. The lowest BCUT2D eigenvalue weighted by Gasteiger charge is -2.39. The number of unbranched alkanes of at least 4 members (excludes halogenated alkanes) is 3. The van der Waals surface area contributed by atoms with E-state index in [1.165, 1.54) is 0 Å². The van der Waals surface area contributed by atoms with Gasteiger partial charge in [0.05, 0.1) is 17.4 Å². The fraction of sp³-hybridized carbons (Fsp3) is 0.767. The molecule has 2 bridgehead atoms. The lowest BCUT2D eigenvalue weighted by Crippen LogP contribution is -2.58. The summed E-state index contributed by atoms with van der Waals surface area (Å²) in [5.74, 6) is -1.68. The van der Waals surface area contributed by atoms with Gasteiger partial charge in [0.2, 0.25) is 17.7 Å². The van der Waals surface area contributed by atoms with Gasteiger partial charge in [0.15, 0.2) is 0 Å². The summed E-state index contributed by atoms with van der Waals surface area (Å²) in [6.45, 7) is 19.6. The molecule has 0 aromatic rings. The number of hydrogen-bond donors (Lipinski definition) is 1. The summed E-state index contributed by atoms with van der Waals surface area (Å²) in [4.78, 5) is 47.9. The van der Waals surface area contributed by atoms with Gasteiger partial charge in [-0.1, -0.05) is 38.8 Å². The van der Waals surface area contributed by atoms with Gasteiger partial charge in [-0.2, -0.15) is 0 Å². The van der Waals surface area contributed by atoms with Crippen LogP contribution in [0, 0.1) is 17.8 Å². The van der Waals surface area contributed by atoms with Gasteiger partial charge >= 0.3 is 0 Å². The third-order valence-corrected chi connectivity index (χ3v) is 9.01. The molecule has 3 fully saturated rings. The zero-order valence-electron chi connectivity index (χ0n) is 24.2. The van der Waals surface area contributed by atoms with Crippen molar-refractivity contribution in [3.8, 4) is 0 Å². The molecule has 0 aliphatic carbocycles. The first-order valence-electron chi connectivity index (χ1n) is 14.5. The van der Waals surface area contributed by atoms with Gasteiger partial charge in [0.25, 0.3) is 0 Å². The molecule has 3 saturated heterocycles. The van der Waals surface area contributed by atoms with E-state index >= 15 is 0 Å². The molecule has 1 N–H and O–H groups in total. The number of hydrogen-bond acceptors (Lipinski definition) is 5. The van der Waals surface area contributed by atoms with Crippen LogP contribution >= 0.6 is 0 Å². The Hall–Kier alpha value is -2.19. The van der Waals surface area contributed by atoms with Crippen molar-refractivity contribution in [1.29, 1.82) is 0 Å². The zero-order chi connectivity index (χ0) is 28.3. The maximum absolute atomic E-state index is 14.3. The van der Waals surface area contributed by atoms with Crippen LogP contribution in [0.5, 0.6) is 0 Å². The van der Waals surface area contributed by atoms with Gasteiger partial charge < -0.3 is 24.5 Å². The quantitative estimate of drug-likeness (QED) is 0.258. The van der Waals surface area contributed by atoms with E-state index in [9.17, 15) is 14.4 Å². The van der Waals surface area contributed by atoms with Gasteiger partial charge in [0.1, 0.15) is 11.6 Å². The SMILES string of the molecule is C=CCN(CCC)C(=O)[C@@H]1[C@H]2C(=O)N(CCCCCCO)C(C(=O)N(CC=C)C(C)C)C23CC(C)[C@@]1(C)O3. The highest BCUT2D eigenvalue weighted by Gasteiger charge is 2.80. The van der Waals surface area contributed by atoms with Crippen LogP contribution in [0.2, 0.25) is 0 Å². The summed E-state index contributed by atoms with van der Waals surface area (Å²) in [5, 5.41) is 9.15. The van der Waals surface area contributed by atoms with Crippen LogP contribution in [0.1, 0.15) is 73.1 Å². The van der Waals surface area contributed by atoms with Crippen molar-refractivity contribution in [2.24, 2.45) is 17.8 Å². The van der Waals surface area contributed by atoms with Crippen LogP contribution in [-0.2, 0) is 19.1 Å². The number of ether oxygens (including phenoxy) is 1. The maximum Gasteiger partial charge on any atom is 0.248 e. The average Bonchev–Trinajstić information content (AvgIpc) is 3.38. The van der Waals surface area contributed by atoms with E-state index in [0.29, 0.717) is 32.6 Å². The number of carbonyl (C=O) groups excluding carboxylic acids is 3. The van der Waals surface area contributed by atoms with Gasteiger partial charge in [-0.25, -0.2) is 0 Å². The van der Waals surface area contributed by atoms with E-state index in [4.69, 9.17) is 9.84 Å². The Morgan fingerprint density at radius 1 is 1.16 bits per heavy atom. The molecule has 3 aliphatic rings. The number of nitrogens with zero attached hydrogens (tertiary/aromatic N) is 3. The highest BCUT2D eigenvalue weighted by molar-refractivity contribution is 5.99. The second-order valence-electron chi connectivity index (χ2n) is 11.8. The molecular formula is C30H49N3O5. The fourth-order valence-corrected chi connectivity index (χ4v) is 7.15. The Balaban J connectivity index is 2.06. The number of aliphatic hydroxyl groups excluding tert-OH is 1. The number of rotatable bonds is 15. The van der Waals surface area contributed by atoms with Crippen molar-refractivity contribution in [1.82, 2.24) is 14.7 Å². The van der Waals surface area contributed by atoms with Crippen LogP contribution in [0.4, 0.5) is 0 Å². The molecule has 0 radical (unpaired) electrons. The standard InChI is InChI=1S/C30H49N3O5/c1-8-15-31(16-9-2)26(35)23-24-27(36)33(18-13-11-12-14-19-34)25(28(37)32(17-10-3)21(4)5)30(24)20-22(6)29(23,7)38-30/h8,10,21-25,34H,1,3,9,11-20H2,2,4-7H3/t22?,23-,24-,25?,29+,30?/m0/s1. The summed E-state index contributed by atoms with van der Waals surface area (Å²) >= 11 is 0. The number of likely N-dealkylation sites (tertiary alicyclic amines) is 1. The van der Waals surface area contributed by atoms with Crippen molar-refractivity contribution < 1.29 is 24.2 Å². The molecule has 8 nitrogen and oxygen atoms in total. The summed E-state index contributed by atoms with van der Waals surface area (Å²) in [6, 6.07) is -0.851. The van der Waals surface area contributed by atoms with E-state index in [-0.39, 0.29) is 36.3 Å². The van der Waals surface area contributed by atoms with Crippen LogP contribution < -0.4 is 0 Å². The van der Waals surface area contributed by atoms with Gasteiger partial charge in [-0.3, -0.25) is 14.4 Å². The van der Waals surface area contributed by atoms with Crippen molar-refractivity contribution in [3.63, 3.8) is 0 Å². The summed E-state index contributed by atoms with van der Waals surface area (Å²) in [7, 11) is 0. The molecule has 0 aromatic carbocycles. The van der Waals surface area contributed by atoms with Crippen LogP contribution in [0.3, 0.4) is 0 Å². The van der Waals surface area contributed by atoms with Crippen LogP contribution in [-0.4, -0.2) is 93.6 Å². The van der Waals surface area contributed by atoms with Crippen molar-refractivity contribution in [2.45, 2.75) is 96.4 Å². The summed E-state index contributed by atoms with van der Waals surface area (Å²) in [6.07, 6.45) is 7.96. The van der Waals surface area contributed by atoms with Crippen molar-refractivity contribution >= 4 is 17.7 Å². The zero-order valence-corrected chi connectivity index (χ0v) is 24.2. The Kier molecular flexibility index (Phi) is 9.85. The minimum absolute atomic E-state index is 0.0133. The van der Waals surface area contributed by atoms with E-state index < -0.39 is 29.1 Å². The molecule has 3 amide bonds. The topological polar surface area (TPSA) is 90.4 Å². The summed E-state index contributed by atoms with van der Waals surface area (Å²) < 4.78 is 6.87. The predicted octanol–water partition coefficient (Wildman–Crippen LogP) is 3.40. The van der Waals surface area contributed by atoms with Gasteiger partial charge in [0, 0.05) is 38.8 Å². The van der Waals surface area contributed by atoms with Crippen molar-refractivity contribution in [2.75, 3.05) is 32.8 Å². The molecule has 3 heterocycles. The second kappa shape index (κ2) is 12.3. The van der Waals surface area contributed by atoms with E-state index in [0.717, 1.165) is 32.1 Å². The molecule has 1 spiro atoms. The molecule has 3 rings (SSSR count). The predicted molar refractivity (Wildman–Crippen MR) is 148 cm³/mol. The Morgan fingerprint density at radius 3 is 2.39 bits per heavy atom. The number of aliphatic hydroxyl groups is 1. The Labute approximate surface area is 229 Å². The lowest BCUT2D eigenvalue weighted by molar-refractivity contribution is -0.155. The monoisotopic (exact) mass is 531 g/mol. The largest absolute Gasteiger partial charge is 0.396 e. The molecular weight excluding hydrogens is 482 g/mol. The molecule has 38 heavy (non-hydrogen) atoms. The van der Waals surface area contributed by atoms with Crippen LogP contribution in [0.25, 0.3) is 0 Å². The minimum Gasteiger partial charge on any atom is -0.396 e. The minimum atomic E-state index is -1.03. The third-order valence-electron chi connectivity index (χ3n) is 9.01. The first-order valence-corrected chi connectivity index (χ1v) is 14.5. The van der Waals surface area contributed by atoms with Crippen molar-refractivity contribution in [3.05, 3.63) is 25.3 Å². The number of fused-ring (bicyclic) bond motifs is 1. The van der Waals surface area contributed by atoms with E-state index in [2.05, 4.69) is 20.1 Å². The van der Waals surface area contributed by atoms with Gasteiger partial charge in [-0.05, 0) is 52.4 Å². The molecule has 3 aliphatic heterocycles. The third kappa shape index (κ3) is 5.06. The molecule has 6 atom stereocenters. The maximum atomic E-state index is 14.3. The molecule has 8 heteroatoms. The number of carbonyl (C=O) groups is 3. The highest BCUT2D eigenvalue weighted by Crippen LogP contribution is 2.65. The normalized spacial score (nSPS) is 31.6. The smallest absolute Gasteiger partial charge is 0.248 e. The molecule has 0 aromatic heterocycles. The number of amides is 3. The fourth-order valence-electron chi connectivity index (χ4n) is 7.15. The molecule has 0 saturated carbocycles. The lowest BCUT2D eigenvalue weighted by atomic mass is 9.62. The van der Waals surface area contributed by atoms with E-state index in [1.54, 1.807) is 26.9 Å². The second-order valence-corrected chi connectivity index (χ2v) is 11.8. The average molecular weight is 532 g/mol. The van der Waals surface area contributed by atoms with E-state index in [1.807, 2.05) is 27.7 Å². The first kappa shape index (κ1) is 30.4. The summed E-state index contributed by atoms with van der Waals surface area (Å²) in [5.41, 5.74) is -1.86. The first-order chi connectivity index (χ1) is 18.0. The Morgan fingerprint density at radius 2 is 1.82 bits per heavy atom. The van der Waals surface area contributed by atoms with Crippen LogP contribution in [0.15, 0.2) is 25.3 Å². The molecule has 214 valence electrons. The highest BCUT2D eigenvalue weighted by atomic mass is 16.5. The Bertz CT molecular complexity index is 906. The van der Waals surface area contributed by atoms with Gasteiger partial charge in [-0.15, -0.1) is 13.2 Å².